The minimum atomic E-state index is -0.269. The van der Waals surface area contributed by atoms with Gasteiger partial charge in [0.2, 0.25) is 0 Å². The molecule has 2 heterocycles. The molecule has 7 heteroatoms. The number of allylic oxidation sites excluding steroid dienone is 1. The number of nitrogens with zero attached hydrogens (tertiary/aromatic N) is 3. The summed E-state index contributed by atoms with van der Waals surface area (Å²) in [5, 5.41) is 11.8. The van der Waals surface area contributed by atoms with Gasteiger partial charge in [0, 0.05) is 34.3 Å². The van der Waals surface area contributed by atoms with E-state index in [4.69, 9.17) is 0 Å². The van der Waals surface area contributed by atoms with Crippen LogP contribution in [0.3, 0.4) is 0 Å². The number of para-hydroxylation sites is 1. The van der Waals surface area contributed by atoms with Gasteiger partial charge < -0.3 is 9.99 Å². The number of hydrazine groups is 1. The number of rotatable bonds is 5. The summed E-state index contributed by atoms with van der Waals surface area (Å²) in [6, 6.07) is 13.8. The van der Waals surface area contributed by atoms with E-state index in [2.05, 4.69) is 21.9 Å². The number of hydrogen-bond acceptors (Lipinski definition) is 5. The fourth-order valence-corrected chi connectivity index (χ4v) is 3.59. The summed E-state index contributed by atoms with van der Waals surface area (Å²) in [6.45, 7) is 5.74. The largest absolute Gasteiger partial charge is 0.318 e. The van der Waals surface area contributed by atoms with E-state index in [1.807, 2.05) is 67.1 Å². The molecule has 0 aliphatic carbocycles. The maximum absolute atomic E-state index is 12.6. The second-order valence-corrected chi connectivity index (χ2v) is 6.88. The van der Waals surface area contributed by atoms with Gasteiger partial charge in [-0.25, -0.2) is 4.98 Å². The Morgan fingerprint density at radius 3 is 2.63 bits per heavy atom. The Hall–Kier alpha value is -3.37. The Morgan fingerprint density at radius 2 is 2.00 bits per heavy atom. The molecule has 1 amide bonds. The molecule has 2 N–H and O–H groups in total. The summed E-state index contributed by atoms with van der Waals surface area (Å²) in [4.78, 5) is 16.8. The lowest BCUT2D eigenvalue weighted by molar-refractivity contribution is 0.0940. The van der Waals surface area contributed by atoms with Crippen LogP contribution < -0.4 is 10.9 Å². The number of aryl methyl sites for hydroxylation is 2. The van der Waals surface area contributed by atoms with E-state index in [9.17, 15) is 10.1 Å². The van der Waals surface area contributed by atoms with Crippen LogP contribution in [0.5, 0.6) is 0 Å². The lowest BCUT2D eigenvalue weighted by Gasteiger charge is -2.10. The van der Waals surface area contributed by atoms with E-state index in [-0.39, 0.29) is 5.91 Å². The van der Waals surface area contributed by atoms with E-state index in [0.29, 0.717) is 16.1 Å². The number of carbonyl (C=O) groups is 1. The number of benzene rings is 1. The Kier molecular flexibility index (Phi) is 5.38. The van der Waals surface area contributed by atoms with Crippen molar-refractivity contribution in [1.82, 2.24) is 20.4 Å². The highest BCUT2D eigenvalue weighted by molar-refractivity contribution is 7.10. The van der Waals surface area contributed by atoms with Gasteiger partial charge in [0.15, 0.2) is 0 Å². The van der Waals surface area contributed by atoms with Gasteiger partial charge in [-0.1, -0.05) is 18.2 Å². The average Bonchev–Trinajstić information content (AvgIpc) is 3.22. The molecular weight excluding hydrogens is 358 g/mol. The van der Waals surface area contributed by atoms with E-state index in [1.165, 1.54) is 17.5 Å². The molecule has 2 aromatic heterocycles. The summed E-state index contributed by atoms with van der Waals surface area (Å²) < 4.78 is 2.03. The molecule has 3 rings (SSSR count). The smallest absolute Gasteiger partial charge is 0.271 e. The number of amides is 1. The quantitative estimate of drug-likeness (QED) is 0.525. The van der Waals surface area contributed by atoms with Crippen molar-refractivity contribution in [3.05, 3.63) is 75.6 Å². The molecule has 0 atom stereocenters. The van der Waals surface area contributed by atoms with Crippen LogP contribution in [-0.4, -0.2) is 15.5 Å². The van der Waals surface area contributed by atoms with Crippen LogP contribution in [0, 0.1) is 32.1 Å². The molecule has 0 fully saturated rings. The Morgan fingerprint density at radius 1 is 1.26 bits per heavy atom. The molecule has 0 spiro atoms. The zero-order chi connectivity index (χ0) is 19.4. The van der Waals surface area contributed by atoms with Gasteiger partial charge >= 0.3 is 0 Å². The Balaban J connectivity index is 1.76. The molecule has 0 saturated carbocycles. The van der Waals surface area contributed by atoms with E-state index in [0.717, 1.165) is 22.8 Å². The van der Waals surface area contributed by atoms with Gasteiger partial charge in [-0.2, -0.15) is 5.26 Å². The average molecular weight is 377 g/mol. The molecule has 27 heavy (non-hydrogen) atoms. The molecule has 1 aromatic carbocycles. The maximum Gasteiger partial charge on any atom is 0.271 e. The summed E-state index contributed by atoms with van der Waals surface area (Å²) in [7, 11) is 0. The van der Waals surface area contributed by atoms with Gasteiger partial charge in [-0.15, -0.1) is 11.3 Å². The second kappa shape index (κ2) is 7.89. The van der Waals surface area contributed by atoms with Crippen molar-refractivity contribution >= 4 is 22.8 Å². The third-order valence-corrected chi connectivity index (χ3v) is 5.06. The van der Waals surface area contributed by atoms with E-state index < -0.39 is 0 Å². The first-order valence-corrected chi connectivity index (χ1v) is 9.22. The predicted molar refractivity (Wildman–Crippen MR) is 106 cm³/mol. The van der Waals surface area contributed by atoms with Crippen LogP contribution in [0.1, 0.15) is 32.4 Å². The molecule has 0 aliphatic rings. The molecule has 0 radical (unpaired) electrons. The fourth-order valence-electron chi connectivity index (χ4n) is 2.83. The third-order valence-electron chi connectivity index (χ3n) is 4.06. The van der Waals surface area contributed by atoms with E-state index in [1.54, 1.807) is 0 Å². The van der Waals surface area contributed by atoms with Crippen molar-refractivity contribution in [2.45, 2.75) is 20.8 Å². The highest BCUT2D eigenvalue weighted by Gasteiger charge is 2.16. The first-order valence-electron chi connectivity index (χ1n) is 8.34. The summed E-state index contributed by atoms with van der Waals surface area (Å²) in [5.74, 6) is -0.269. The molecule has 0 bridgehead atoms. The molecule has 136 valence electrons. The maximum atomic E-state index is 12.6. The molecule has 0 unspecified atom stereocenters. The van der Waals surface area contributed by atoms with Crippen LogP contribution in [0.2, 0.25) is 0 Å². The van der Waals surface area contributed by atoms with Crippen molar-refractivity contribution in [3.63, 3.8) is 0 Å². The minimum Gasteiger partial charge on any atom is -0.318 e. The molecular formula is C20H19N5OS. The molecule has 6 nitrogen and oxygen atoms in total. The number of hydrogen-bond donors (Lipinski definition) is 2. The Labute approximate surface area is 161 Å². The lowest BCUT2D eigenvalue weighted by Crippen LogP contribution is -2.34. The summed E-state index contributed by atoms with van der Waals surface area (Å²) in [6.07, 6.45) is 1.45. The topological polar surface area (TPSA) is 82.7 Å². The van der Waals surface area contributed by atoms with Crippen LogP contribution in [0.4, 0.5) is 0 Å². The van der Waals surface area contributed by atoms with Gasteiger partial charge in [-0.05, 0) is 39.0 Å². The second-order valence-electron chi connectivity index (χ2n) is 6.02. The number of nitrogens with one attached hydrogen (secondary N) is 2. The van der Waals surface area contributed by atoms with Crippen molar-refractivity contribution in [2.75, 3.05) is 0 Å². The first kappa shape index (κ1) is 18.4. The normalized spacial score (nSPS) is 11.1. The Bertz CT molecular complexity index is 1040. The van der Waals surface area contributed by atoms with Gasteiger partial charge in [-0.3, -0.25) is 10.2 Å². The highest BCUT2D eigenvalue weighted by atomic mass is 32.1. The highest BCUT2D eigenvalue weighted by Crippen LogP contribution is 2.21. The summed E-state index contributed by atoms with van der Waals surface area (Å²) >= 11 is 1.38. The number of carbonyl (C=O) groups excluding carboxylic acids is 1. The molecule has 0 saturated heterocycles. The van der Waals surface area contributed by atoms with Crippen LogP contribution >= 0.6 is 11.3 Å². The van der Waals surface area contributed by atoms with Crippen LogP contribution in [0.15, 0.2) is 48.0 Å². The minimum absolute atomic E-state index is 0.269. The monoisotopic (exact) mass is 377 g/mol. The lowest BCUT2D eigenvalue weighted by atomic mass is 10.2. The first-order chi connectivity index (χ1) is 13.0. The van der Waals surface area contributed by atoms with Crippen LogP contribution in [0.25, 0.3) is 11.3 Å². The third kappa shape index (κ3) is 3.91. The van der Waals surface area contributed by atoms with Crippen molar-refractivity contribution in [1.29, 1.82) is 5.26 Å². The fraction of sp³-hybridized carbons (Fsp3) is 0.150. The molecule has 0 aliphatic heterocycles. The number of thiazole rings is 1. The van der Waals surface area contributed by atoms with Gasteiger partial charge in [0.05, 0.1) is 5.56 Å². The number of nitriles is 1. The van der Waals surface area contributed by atoms with Crippen LogP contribution in [-0.2, 0) is 0 Å². The predicted octanol–water partition coefficient (Wildman–Crippen LogP) is 3.66. The number of aromatic nitrogens is 2. The van der Waals surface area contributed by atoms with Crippen molar-refractivity contribution in [3.8, 4) is 11.8 Å². The summed E-state index contributed by atoms with van der Waals surface area (Å²) in [5.41, 5.74) is 9.94. The SMILES string of the molecule is Cc1csc(/C(C#N)=C/NNC(=O)c2cc(C)n(-c3ccccc3)c2C)n1. The van der Waals surface area contributed by atoms with Gasteiger partial charge in [0.1, 0.15) is 16.6 Å². The van der Waals surface area contributed by atoms with Gasteiger partial charge in [0.25, 0.3) is 5.91 Å². The standard InChI is InChI=1S/C20H19N5OS/c1-13-12-27-20(23-13)16(10-21)11-22-24-19(26)18-9-14(2)25(15(18)3)17-7-5-4-6-8-17/h4-9,11-12,22H,1-3H3,(H,24,26)/b16-11+. The zero-order valence-electron chi connectivity index (χ0n) is 15.3. The molecule has 3 aromatic rings. The van der Waals surface area contributed by atoms with Crippen molar-refractivity contribution < 1.29 is 4.79 Å². The zero-order valence-corrected chi connectivity index (χ0v) is 16.1. The van der Waals surface area contributed by atoms with Crippen molar-refractivity contribution in [2.24, 2.45) is 0 Å². The van der Waals surface area contributed by atoms with E-state index >= 15 is 0 Å².